The number of rotatable bonds is 7. The van der Waals surface area contributed by atoms with Crippen molar-refractivity contribution in [2.24, 2.45) is 0 Å². The van der Waals surface area contributed by atoms with Crippen LogP contribution in [0.5, 0.6) is 5.75 Å². The van der Waals surface area contributed by atoms with Crippen LogP contribution in [-0.2, 0) is 0 Å². The zero-order valence-corrected chi connectivity index (χ0v) is 14.8. The number of benzene rings is 1. The minimum atomic E-state index is -0.380. The summed E-state index contributed by atoms with van der Waals surface area (Å²) in [6.07, 6.45) is 2.38. The van der Waals surface area contributed by atoms with Crippen LogP contribution in [0.2, 0.25) is 0 Å². The average molecular weight is 345 g/mol. The Bertz CT molecular complexity index is 691. The van der Waals surface area contributed by atoms with Crippen LogP contribution in [0.15, 0.2) is 42.6 Å². The Morgan fingerprint density at radius 1 is 1.32 bits per heavy atom. The molecule has 1 N–H and O–H groups in total. The molecule has 1 heterocycles. The Hall–Kier alpha value is -2.63. The van der Waals surface area contributed by atoms with Crippen molar-refractivity contribution >= 4 is 6.03 Å². The van der Waals surface area contributed by atoms with Gasteiger partial charge in [0, 0.05) is 25.5 Å². The summed E-state index contributed by atoms with van der Waals surface area (Å²) in [5, 5.41) is 2.93. The van der Waals surface area contributed by atoms with E-state index in [2.05, 4.69) is 10.3 Å². The zero-order valence-electron chi connectivity index (χ0n) is 14.8. The number of aryl methyl sites for hydroxylation is 1. The summed E-state index contributed by atoms with van der Waals surface area (Å²) in [5.74, 6) is -0.149. The number of nitrogens with one attached hydrogen (secondary N) is 1. The molecule has 0 fully saturated rings. The number of urea groups is 1. The predicted octanol–water partition coefficient (Wildman–Crippen LogP) is 3.70. The van der Waals surface area contributed by atoms with E-state index in [9.17, 15) is 9.18 Å². The molecular weight excluding hydrogens is 321 g/mol. The van der Waals surface area contributed by atoms with Crippen LogP contribution < -0.4 is 10.1 Å². The van der Waals surface area contributed by atoms with Crippen LogP contribution in [0.3, 0.4) is 0 Å². The van der Waals surface area contributed by atoms with Crippen LogP contribution in [0.1, 0.15) is 30.6 Å². The van der Waals surface area contributed by atoms with Crippen LogP contribution in [-0.4, -0.2) is 36.1 Å². The largest absolute Gasteiger partial charge is 0.490 e. The van der Waals surface area contributed by atoms with E-state index in [4.69, 9.17) is 4.74 Å². The monoisotopic (exact) mass is 345 g/mol. The molecule has 0 radical (unpaired) electrons. The standard InChI is InChI=1S/C19H24FN3O2/c1-14-9-10-16(13-21-14)15(2)22-19(24)23(3)11-6-12-25-18-8-5-4-7-17(18)20/h4-5,7-10,13,15H,6,11-12H2,1-3H3,(H,22,24)/t15-/m1/s1. The normalized spacial score (nSPS) is 11.7. The van der Waals surface area contributed by atoms with Crippen molar-refractivity contribution in [3.8, 4) is 5.75 Å². The molecule has 6 heteroatoms. The maximum Gasteiger partial charge on any atom is 0.317 e. The van der Waals surface area contributed by atoms with Crippen molar-refractivity contribution in [1.29, 1.82) is 0 Å². The molecule has 1 aromatic carbocycles. The van der Waals surface area contributed by atoms with Crippen LogP contribution >= 0.6 is 0 Å². The molecular formula is C19H24FN3O2. The molecule has 134 valence electrons. The van der Waals surface area contributed by atoms with Crippen molar-refractivity contribution in [1.82, 2.24) is 15.2 Å². The number of hydrogen-bond donors (Lipinski definition) is 1. The lowest BCUT2D eigenvalue weighted by Gasteiger charge is -2.21. The van der Waals surface area contributed by atoms with E-state index >= 15 is 0 Å². The van der Waals surface area contributed by atoms with Crippen molar-refractivity contribution in [2.45, 2.75) is 26.3 Å². The summed E-state index contributed by atoms with van der Waals surface area (Å²) in [7, 11) is 1.72. The van der Waals surface area contributed by atoms with E-state index < -0.39 is 0 Å². The van der Waals surface area contributed by atoms with Gasteiger partial charge in [0.05, 0.1) is 12.6 Å². The van der Waals surface area contributed by atoms with Gasteiger partial charge in [-0.2, -0.15) is 0 Å². The summed E-state index contributed by atoms with van der Waals surface area (Å²) < 4.78 is 18.8. The predicted molar refractivity (Wildman–Crippen MR) is 95.1 cm³/mol. The number of nitrogens with zero attached hydrogens (tertiary/aromatic N) is 2. The molecule has 0 aliphatic heterocycles. The Morgan fingerprint density at radius 2 is 2.08 bits per heavy atom. The van der Waals surface area contributed by atoms with E-state index in [0.29, 0.717) is 19.6 Å². The van der Waals surface area contributed by atoms with Gasteiger partial charge < -0.3 is 15.0 Å². The fourth-order valence-corrected chi connectivity index (χ4v) is 2.26. The zero-order chi connectivity index (χ0) is 18.2. The molecule has 2 rings (SSSR count). The van der Waals surface area contributed by atoms with E-state index in [0.717, 1.165) is 11.3 Å². The maximum absolute atomic E-state index is 13.4. The SMILES string of the molecule is Cc1ccc([C@@H](C)NC(=O)N(C)CCCOc2ccccc2F)cn1. The Kier molecular flexibility index (Phi) is 6.74. The summed E-state index contributed by atoms with van der Waals surface area (Å²) in [4.78, 5) is 18.0. The molecule has 2 amide bonds. The van der Waals surface area contributed by atoms with Gasteiger partial charge in [0.15, 0.2) is 11.6 Å². The van der Waals surface area contributed by atoms with E-state index in [-0.39, 0.29) is 23.6 Å². The second kappa shape index (κ2) is 9.01. The number of halogens is 1. The first kappa shape index (κ1) is 18.7. The third-order valence-electron chi connectivity index (χ3n) is 3.85. The Balaban J connectivity index is 1.72. The van der Waals surface area contributed by atoms with E-state index in [1.165, 1.54) is 6.07 Å². The Labute approximate surface area is 147 Å². The molecule has 0 unspecified atom stereocenters. The Morgan fingerprint density at radius 3 is 2.76 bits per heavy atom. The summed E-state index contributed by atoms with van der Waals surface area (Å²) in [6, 6.07) is 9.86. The molecule has 1 atom stereocenters. The quantitative estimate of drug-likeness (QED) is 0.779. The van der Waals surface area contributed by atoms with Gasteiger partial charge in [0.25, 0.3) is 0 Å². The number of para-hydroxylation sites is 1. The average Bonchev–Trinajstić information content (AvgIpc) is 2.60. The fraction of sp³-hybridized carbons (Fsp3) is 0.368. The molecule has 1 aromatic heterocycles. The van der Waals surface area contributed by atoms with Gasteiger partial charge in [-0.25, -0.2) is 9.18 Å². The van der Waals surface area contributed by atoms with Crippen molar-refractivity contribution in [3.05, 3.63) is 59.7 Å². The molecule has 0 bridgehead atoms. The molecule has 0 saturated heterocycles. The number of carbonyl (C=O) groups is 1. The number of pyridine rings is 1. The van der Waals surface area contributed by atoms with Gasteiger partial charge in [-0.15, -0.1) is 0 Å². The smallest absolute Gasteiger partial charge is 0.317 e. The number of carbonyl (C=O) groups excluding carboxylic acids is 1. The lowest BCUT2D eigenvalue weighted by atomic mass is 10.1. The number of aromatic nitrogens is 1. The highest BCUT2D eigenvalue weighted by molar-refractivity contribution is 5.74. The van der Waals surface area contributed by atoms with Crippen molar-refractivity contribution in [3.63, 3.8) is 0 Å². The second-order valence-electron chi connectivity index (χ2n) is 5.96. The number of hydrogen-bond acceptors (Lipinski definition) is 3. The first-order chi connectivity index (χ1) is 12.0. The fourth-order valence-electron chi connectivity index (χ4n) is 2.26. The van der Waals surface area contributed by atoms with Crippen LogP contribution in [0.25, 0.3) is 0 Å². The molecule has 2 aromatic rings. The van der Waals surface area contributed by atoms with E-state index in [1.54, 1.807) is 36.3 Å². The highest BCUT2D eigenvalue weighted by Crippen LogP contribution is 2.15. The molecule has 5 nitrogen and oxygen atoms in total. The third-order valence-corrected chi connectivity index (χ3v) is 3.85. The minimum Gasteiger partial charge on any atom is -0.490 e. The molecule has 25 heavy (non-hydrogen) atoms. The molecule has 0 aliphatic rings. The molecule has 0 aliphatic carbocycles. The van der Waals surface area contributed by atoms with Gasteiger partial charge in [0.1, 0.15) is 0 Å². The van der Waals surface area contributed by atoms with Crippen molar-refractivity contribution in [2.75, 3.05) is 20.2 Å². The second-order valence-corrected chi connectivity index (χ2v) is 5.96. The topological polar surface area (TPSA) is 54.5 Å². The van der Waals surface area contributed by atoms with Gasteiger partial charge in [-0.1, -0.05) is 18.2 Å². The lowest BCUT2D eigenvalue weighted by Crippen LogP contribution is -2.39. The molecule has 0 spiro atoms. The highest BCUT2D eigenvalue weighted by Gasteiger charge is 2.13. The summed E-state index contributed by atoms with van der Waals surface area (Å²) in [6.45, 7) is 4.69. The molecule has 0 saturated carbocycles. The maximum atomic E-state index is 13.4. The first-order valence-electron chi connectivity index (χ1n) is 8.29. The van der Waals surface area contributed by atoms with Gasteiger partial charge in [0.2, 0.25) is 0 Å². The van der Waals surface area contributed by atoms with Crippen LogP contribution in [0, 0.1) is 12.7 Å². The van der Waals surface area contributed by atoms with Crippen molar-refractivity contribution < 1.29 is 13.9 Å². The summed E-state index contributed by atoms with van der Waals surface area (Å²) >= 11 is 0. The number of amides is 2. The third kappa shape index (κ3) is 5.74. The lowest BCUT2D eigenvalue weighted by molar-refractivity contribution is 0.199. The van der Waals surface area contributed by atoms with Gasteiger partial charge in [-0.3, -0.25) is 4.98 Å². The first-order valence-corrected chi connectivity index (χ1v) is 8.29. The highest BCUT2D eigenvalue weighted by atomic mass is 19.1. The summed E-state index contributed by atoms with van der Waals surface area (Å²) in [5.41, 5.74) is 1.89. The minimum absolute atomic E-state index is 0.127. The number of ether oxygens (including phenoxy) is 1. The van der Waals surface area contributed by atoms with Gasteiger partial charge >= 0.3 is 6.03 Å². The van der Waals surface area contributed by atoms with Crippen LogP contribution in [0.4, 0.5) is 9.18 Å². The van der Waals surface area contributed by atoms with E-state index in [1.807, 2.05) is 26.0 Å². The van der Waals surface area contributed by atoms with Gasteiger partial charge in [-0.05, 0) is 44.0 Å².